The Morgan fingerprint density at radius 3 is 2.70 bits per heavy atom. The van der Waals surface area contributed by atoms with Crippen LogP contribution in [0.25, 0.3) is 11.4 Å². The SMILES string of the molecule is COc1ccc(-c2noc([C@H]3CCCN3C(=O)c3sc(C)nc3C)n2)cc1. The molecule has 1 aliphatic rings. The van der Waals surface area contributed by atoms with Crippen LogP contribution < -0.4 is 4.74 Å². The van der Waals surface area contributed by atoms with E-state index >= 15 is 0 Å². The van der Waals surface area contributed by atoms with Crippen molar-refractivity contribution in [3.05, 3.63) is 45.7 Å². The molecule has 0 bridgehead atoms. The minimum atomic E-state index is -0.196. The van der Waals surface area contributed by atoms with Crippen molar-refractivity contribution in [1.29, 1.82) is 0 Å². The first kappa shape index (κ1) is 17.7. The van der Waals surface area contributed by atoms with Crippen molar-refractivity contribution in [2.24, 2.45) is 0 Å². The monoisotopic (exact) mass is 384 g/mol. The van der Waals surface area contributed by atoms with E-state index < -0.39 is 0 Å². The summed E-state index contributed by atoms with van der Waals surface area (Å²) >= 11 is 1.43. The van der Waals surface area contributed by atoms with Crippen molar-refractivity contribution >= 4 is 17.2 Å². The summed E-state index contributed by atoms with van der Waals surface area (Å²) in [7, 11) is 1.62. The summed E-state index contributed by atoms with van der Waals surface area (Å²) in [5, 5.41) is 4.99. The highest BCUT2D eigenvalue weighted by molar-refractivity contribution is 7.13. The van der Waals surface area contributed by atoms with Crippen molar-refractivity contribution in [3.63, 3.8) is 0 Å². The normalized spacial score (nSPS) is 16.7. The lowest BCUT2D eigenvalue weighted by Crippen LogP contribution is -2.30. The molecule has 0 spiro atoms. The van der Waals surface area contributed by atoms with Crippen molar-refractivity contribution < 1.29 is 14.1 Å². The third kappa shape index (κ3) is 3.32. The number of carbonyl (C=O) groups is 1. The first-order valence-corrected chi connectivity index (χ1v) is 9.61. The average molecular weight is 384 g/mol. The number of carbonyl (C=O) groups excluding carboxylic acids is 1. The average Bonchev–Trinajstić information content (AvgIpc) is 3.40. The number of methoxy groups -OCH3 is 1. The van der Waals surface area contributed by atoms with Crippen LogP contribution in [0.2, 0.25) is 0 Å². The number of ether oxygens (including phenoxy) is 1. The Hall–Kier alpha value is -2.74. The van der Waals surface area contributed by atoms with Gasteiger partial charge >= 0.3 is 0 Å². The van der Waals surface area contributed by atoms with Crippen molar-refractivity contribution in [2.45, 2.75) is 32.7 Å². The zero-order valence-electron chi connectivity index (χ0n) is 15.4. The minimum Gasteiger partial charge on any atom is -0.497 e. The number of aromatic nitrogens is 3. The Kier molecular flexibility index (Phi) is 4.65. The van der Waals surface area contributed by atoms with Gasteiger partial charge in [-0.25, -0.2) is 4.98 Å². The van der Waals surface area contributed by atoms with Gasteiger partial charge in [-0.1, -0.05) is 5.16 Å². The van der Waals surface area contributed by atoms with Crippen LogP contribution >= 0.6 is 11.3 Å². The number of likely N-dealkylation sites (tertiary alicyclic amines) is 1. The predicted octanol–water partition coefficient (Wildman–Crippen LogP) is 3.80. The van der Waals surface area contributed by atoms with Crippen molar-refractivity contribution in [2.75, 3.05) is 13.7 Å². The second kappa shape index (κ2) is 7.11. The topological polar surface area (TPSA) is 81.4 Å². The molecule has 1 aromatic carbocycles. The quantitative estimate of drug-likeness (QED) is 0.681. The summed E-state index contributed by atoms with van der Waals surface area (Å²) in [6, 6.07) is 7.28. The van der Waals surface area contributed by atoms with E-state index in [0.29, 0.717) is 23.1 Å². The van der Waals surface area contributed by atoms with Gasteiger partial charge in [0.25, 0.3) is 5.91 Å². The lowest BCUT2D eigenvalue weighted by atomic mass is 10.2. The number of thiazole rings is 1. The van der Waals surface area contributed by atoms with Gasteiger partial charge in [0.15, 0.2) is 0 Å². The van der Waals surface area contributed by atoms with Crippen LogP contribution in [0.4, 0.5) is 0 Å². The summed E-state index contributed by atoms with van der Waals surface area (Å²) < 4.78 is 10.7. The Balaban J connectivity index is 1.58. The summed E-state index contributed by atoms with van der Waals surface area (Å²) in [4.78, 5) is 24.4. The fourth-order valence-electron chi connectivity index (χ4n) is 3.35. The van der Waals surface area contributed by atoms with Gasteiger partial charge in [-0.05, 0) is 51.0 Å². The molecule has 0 aliphatic carbocycles. The van der Waals surface area contributed by atoms with E-state index in [2.05, 4.69) is 15.1 Å². The number of benzene rings is 1. The van der Waals surface area contributed by atoms with Crippen LogP contribution in [0.3, 0.4) is 0 Å². The van der Waals surface area contributed by atoms with Crippen molar-refractivity contribution in [1.82, 2.24) is 20.0 Å². The van der Waals surface area contributed by atoms with Crippen molar-refractivity contribution in [3.8, 4) is 17.1 Å². The van der Waals surface area contributed by atoms with Gasteiger partial charge in [-0.2, -0.15) is 4.98 Å². The largest absolute Gasteiger partial charge is 0.497 e. The second-order valence-corrected chi connectivity index (χ2v) is 7.69. The van der Waals surface area contributed by atoms with Crippen LogP contribution in [-0.4, -0.2) is 39.6 Å². The maximum absolute atomic E-state index is 13.0. The molecule has 0 saturated carbocycles. The standard InChI is InChI=1S/C19H20N4O3S/c1-11-16(27-12(2)20-11)19(24)23-10-4-5-15(23)18-21-17(22-26-18)13-6-8-14(25-3)9-7-13/h6-9,15H,4-5,10H2,1-3H3/t15-/m1/s1. The smallest absolute Gasteiger partial charge is 0.266 e. The molecular weight excluding hydrogens is 364 g/mol. The van der Waals surface area contributed by atoms with Gasteiger partial charge < -0.3 is 14.2 Å². The molecule has 1 atom stereocenters. The molecule has 1 fully saturated rings. The summed E-state index contributed by atoms with van der Waals surface area (Å²) in [5.74, 6) is 1.75. The van der Waals surface area contributed by atoms with E-state index in [4.69, 9.17) is 9.26 Å². The molecule has 0 unspecified atom stereocenters. The van der Waals surface area contributed by atoms with Gasteiger partial charge in [0, 0.05) is 12.1 Å². The molecule has 0 radical (unpaired) electrons. The molecule has 140 valence electrons. The molecule has 4 rings (SSSR count). The number of amides is 1. The second-order valence-electron chi connectivity index (χ2n) is 6.49. The van der Waals surface area contributed by atoms with E-state index in [0.717, 1.165) is 34.9 Å². The zero-order valence-corrected chi connectivity index (χ0v) is 16.2. The molecule has 1 amide bonds. The fourth-order valence-corrected chi connectivity index (χ4v) is 4.23. The number of aryl methyl sites for hydroxylation is 2. The predicted molar refractivity (Wildman–Crippen MR) is 101 cm³/mol. The lowest BCUT2D eigenvalue weighted by molar-refractivity contribution is 0.0714. The van der Waals surface area contributed by atoms with E-state index in [9.17, 15) is 4.79 Å². The van der Waals surface area contributed by atoms with Gasteiger partial charge in [0.05, 0.1) is 17.8 Å². The molecule has 27 heavy (non-hydrogen) atoms. The molecule has 7 nitrogen and oxygen atoms in total. The minimum absolute atomic E-state index is 0.00945. The third-order valence-electron chi connectivity index (χ3n) is 4.69. The highest BCUT2D eigenvalue weighted by atomic mass is 32.1. The van der Waals surface area contributed by atoms with E-state index in [1.54, 1.807) is 7.11 Å². The number of nitrogens with zero attached hydrogens (tertiary/aromatic N) is 4. The molecule has 1 aliphatic heterocycles. The van der Waals surface area contributed by atoms with Gasteiger partial charge in [0.1, 0.15) is 16.7 Å². The summed E-state index contributed by atoms with van der Waals surface area (Å²) in [6.45, 7) is 4.46. The zero-order chi connectivity index (χ0) is 19.0. The van der Waals surface area contributed by atoms with E-state index in [-0.39, 0.29) is 11.9 Å². The molecule has 3 heterocycles. The Morgan fingerprint density at radius 2 is 2.04 bits per heavy atom. The number of hydrogen-bond donors (Lipinski definition) is 0. The van der Waals surface area contributed by atoms with Crippen LogP contribution in [0.1, 0.15) is 45.1 Å². The summed E-state index contributed by atoms with van der Waals surface area (Å²) in [5.41, 5.74) is 1.62. The maximum atomic E-state index is 13.0. The third-order valence-corrected chi connectivity index (χ3v) is 5.75. The number of rotatable bonds is 4. The van der Waals surface area contributed by atoms with E-state index in [1.165, 1.54) is 11.3 Å². The Morgan fingerprint density at radius 1 is 1.26 bits per heavy atom. The first-order chi connectivity index (χ1) is 13.1. The maximum Gasteiger partial charge on any atom is 0.266 e. The fraction of sp³-hybridized carbons (Fsp3) is 0.368. The number of hydrogen-bond acceptors (Lipinski definition) is 7. The van der Waals surface area contributed by atoms with Gasteiger partial charge in [0.2, 0.25) is 11.7 Å². The van der Waals surface area contributed by atoms with Crippen LogP contribution in [0.5, 0.6) is 5.75 Å². The van der Waals surface area contributed by atoms with E-state index in [1.807, 2.05) is 43.0 Å². The van der Waals surface area contributed by atoms with Crippen LogP contribution in [-0.2, 0) is 0 Å². The molecule has 2 aromatic heterocycles. The molecule has 1 saturated heterocycles. The van der Waals surface area contributed by atoms with Crippen LogP contribution in [0.15, 0.2) is 28.8 Å². The summed E-state index contributed by atoms with van der Waals surface area (Å²) in [6.07, 6.45) is 1.72. The molecule has 3 aromatic rings. The molecule has 8 heteroatoms. The lowest BCUT2D eigenvalue weighted by Gasteiger charge is -2.21. The highest BCUT2D eigenvalue weighted by Crippen LogP contribution is 2.34. The van der Waals surface area contributed by atoms with Gasteiger partial charge in [-0.15, -0.1) is 11.3 Å². The molecule has 0 N–H and O–H groups in total. The first-order valence-electron chi connectivity index (χ1n) is 8.80. The highest BCUT2D eigenvalue weighted by Gasteiger charge is 2.36. The molecular formula is C19H20N4O3S. The Bertz CT molecular complexity index is 964. The Labute approximate surface area is 161 Å². The van der Waals surface area contributed by atoms with Gasteiger partial charge in [-0.3, -0.25) is 4.79 Å². The van der Waals surface area contributed by atoms with Crippen LogP contribution in [0, 0.1) is 13.8 Å².